The maximum absolute atomic E-state index is 13.2. The summed E-state index contributed by atoms with van der Waals surface area (Å²) in [5.74, 6) is -0.771. The molecule has 2 aliphatic rings. The third-order valence-corrected chi connectivity index (χ3v) is 5.27. The van der Waals surface area contributed by atoms with E-state index < -0.39 is 28.5 Å². The molecule has 1 aliphatic heterocycles. The van der Waals surface area contributed by atoms with Crippen molar-refractivity contribution in [3.63, 3.8) is 0 Å². The number of benzene rings is 1. The van der Waals surface area contributed by atoms with E-state index in [1.165, 1.54) is 23.1 Å². The molecule has 1 saturated heterocycles. The molecular formula is C19H21F3N2O2. The average Bonchev–Trinajstić information content (AvgIpc) is 2.94. The molecule has 1 atom stereocenters. The molecule has 1 spiro atoms. The first-order valence-corrected chi connectivity index (χ1v) is 8.44. The van der Waals surface area contributed by atoms with Gasteiger partial charge in [-0.15, -0.1) is 0 Å². The number of nitrogens with zero attached hydrogens (tertiary/aromatic N) is 1. The molecule has 0 unspecified atom stereocenters. The molecule has 1 fully saturated rings. The Balaban J connectivity index is 1.89. The number of nitrogens with two attached hydrogens (primary N) is 1. The van der Waals surface area contributed by atoms with Crippen molar-refractivity contribution in [2.24, 2.45) is 16.6 Å². The Bertz CT molecular complexity index is 798. The molecule has 7 heteroatoms. The van der Waals surface area contributed by atoms with Crippen LogP contribution in [-0.2, 0) is 11.0 Å². The van der Waals surface area contributed by atoms with Crippen molar-refractivity contribution in [1.29, 1.82) is 0 Å². The molecular weight excluding hydrogens is 345 g/mol. The number of ketones is 1. The van der Waals surface area contributed by atoms with Gasteiger partial charge in [0.15, 0.2) is 5.78 Å². The number of halogens is 3. The molecule has 1 heterocycles. The lowest BCUT2D eigenvalue weighted by Gasteiger charge is -2.39. The molecule has 1 aliphatic carbocycles. The van der Waals surface area contributed by atoms with Crippen molar-refractivity contribution in [3.05, 3.63) is 47.2 Å². The van der Waals surface area contributed by atoms with Crippen LogP contribution < -0.4 is 5.73 Å². The van der Waals surface area contributed by atoms with Gasteiger partial charge in [-0.05, 0) is 31.1 Å². The fourth-order valence-electron chi connectivity index (χ4n) is 4.22. The molecule has 26 heavy (non-hydrogen) atoms. The topological polar surface area (TPSA) is 63.4 Å². The first-order valence-electron chi connectivity index (χ1n) is 8.44. The van der Waals surface area contributed by atoms with Gasteiger partial charge in [0, 0.05) is 23.9 Å². The lowest BCUT2D eigenvalue weighted by Crippen LogP contribution is -2.42. The smallest absolute Gasteiger partial charge is 0.396 e. The molecule has 4 nitrogen and oxygen atoms in total. The highest BCUT2D eigenvalue weighted by Gasteiger charge is 2.48. The average molecular weight is 366 g/mol. The van der Waals surface area contributed by atoms with E-state index in [0.29, 0.717) is 19.4 Å². The first-order chi connectivity index (χ1) is 12.0. The minimum Gasteiger partial charge on any atom is -0.396 e. The van der Waals surface area contributed by atoms with Gasteiger partial charge < -0.3 is 10.6 Å². The highest BCUT2D eigenvalue weighted by molar-refractivity contribution is 6.00. The van der Waals surface area contributed by atoms with Gasteiger partial charge in [-0.25, -0.2) is 0 Å². The summed E-state index contributed by atoms with van der Waals surface area (Å²) in [6.45, 7) is 4.20. The van der Waals surface area contributed by atoms with Crippen molar-refractivity contribution in [1.82, 2.24) is 4.90 Å². The van der Waals surface area contributed by atoms with E-state index in [0.717, 1.165) is 6.07 Å². The maximum atomic E-state index is 13.2. The van der Waals surface area contributed by atoms with E-state index >= 15 is 0 Å². The van der Waals surface area contributed by atoms with Crippen LogP contribution in [0.15, 0.2) is 36.0 Å². The number of alkyl halides is 3. The van der Waals surface area contributed by atoms with E-state index in [-0.39, 0.29) is 23.6 Å². The van der Waals surface area contributed by atoms with E-state index in [9.17, 15) is 22.8 Å². The van der Waals surface area contributed by atoms with E-state index in [4.69, 9.17) is 5.73 Å². The number of Topliss-reactive ketones (excluding diaryl/α,β-unsaturated/α-hetero) is 1. The molecule has 3 rings (SSSR count). The first kappa shape index (κ1) is 18.5. The summed E-state index contributed by atoms with van der Waals surface area (Å²) in [4.78, 5) is 26.4. The van der Waals surface area contributed by atoms with E-state index in [1.807, 2.05) is 0 Å². The predicted octanol–water partition coefficient (Wildman–Crippen LogP) is 3.38. The minimum absolute atomic E-state index is 0.129. The number of carbonyl (C=O) groups excluding carboxylic acids is 2. The molecule has 1 aromatic carbocycles. The summed E-state index contributed by atoms with van der Waals surface area (Å²) in [6, 6.07) is 4.81. The number of carbonyl (C=O) groups is 2. The molecule has 140 valence electrons. The lowest BCUT2D eigenvalue weighted by atomic mass is 9.65. The molecule has 0 radical (unpaired) electrons. The van der Waals surface area contributed by atoms with Gasteiger partial charge in [-0.2, -0.15) is 13.2 Å². The molecule has 0 saturated carbocycles. The second-order valence-electron chi connectivity index (χ2n) is 7.87. The number of hydrogen-bond donors (Lipinski definition) is 1. The highest BCUT2D eigenvalue weighted by Crippen LogP contribution is 2.47. The summed E-state index contributed by atoms with van der Waals surface area (Å²) in [6.07, 6.45) is -1.80. The third-order valence-electron chi connectivity index (χ3n) is 5.27. The van der Waals surface area contributed by atoms with Gasteiger partial charge in [-0.3, -0.25) is 9.59 Å². The molecule has 1 aromatic rings. The van der Waals surface area contributed by atoms with Gasteiger partial charge in [0.1, 0.15) is 0 Å². The van der Waals surface area contributed by atoms with Crippen LogP contribution in [0.2, 0.25) is 0 Å². The van der Waals surface area contributed by atoms with E-state index in [1.54, 1.807) is 19.9 Å². The Morgan fingerprint density at radius 2 is 1.88 bits per heavy atom. The van der Waals surface area contributed by atoms with E-state index in [2.05, 4.69) is 0 Å². The fraction of sp³-hybridized carbons (Fsp3) is 0.474. The number of rotatable bonds is 1. The second-order valence-corrected chi connectivity index (χ2v) is 7.87. The Kier molecular flexibility index (Phi) is 4.16. The van der Waals surface area contributed by atoms with Crippen LogP contribution in [0, 0.1) is 10.8 Å². The van der Waals surface area contributed by atoms with Gasteiger partial charge >= 0.3 is 6.18 Å². The largest absolute Gasteiger partial charge is 0.417 e. The Hall–Kier alpha value is -2.31. The second kappa shape index (κ2) is 5.86. The van der Waals surface area contributed by atoms with Crippen LogP contribution in [0.3, 0.4) is 0 Å². The van der Waals surface area contributed by atoms with Gasteiger partial charge in [0.05, 0.1) is 16.8 Å². The molecule has 2 N–H and O–H groups in total. The van der Waals surface area contributed by atoms with Crippen LogP contribution in [-0.4, -0.2) is 29.7 Å². The van der Waals surface area contributed by atoms with Crippen molar-refractivity contribution in [2.75, 3.05) is 13.1 Å². The van der Waals surface area contributed by atoms with Gasteiger partial charge in [-0.1, -0.05) is 26.0 Å². The zero-order valence-corrected chi connectivity index (χ0v) is 14.7. The quantitative estimate of drug-likeness (QED) is 0.829. The minimum atomic E-state index is -4.59. The highest BCUT2D eigenvalue weighted by atomic mass is 19.4. The predicted molar refractivity (Wildman–Crippen MR) is 90.1 cm³/mol. The van der Waals surface area contributed by atoms with Crippen molar-refractivity contribution in [3.8, 4) is 0 Å². The number of allylic oxidation sites excluding steroid dienone is 1. The number of hydrogen-bond acceptors (Lipinski definition) is 3. The molecule has 1 amide bonds. The standard InChI is InChI=1S/C19H21F3N2O2/c1-17(2)10-18(9-14(23)15(17)25)7-8-24(11-18)16(26)12-5-3-4-6-13(12)19(20,21)22/h3-6,9H,7-8,10-11,23H2,1-2H3/t18-/m0/s1. The molecule has 0 aromatic heterocycles. The maximum Gasteiger partial charge on any atom is 0.417 e. The van der Waals surface area contributed by atoms with Crippen LogP contribution in [0.5, 0.6) is 0 Å². The SMILES string of the molecule is CC1(C)C[C@@]2(C=C(N)C1=O)CCN(C(=O)c1ccccc1C(F)(F)F)C2. The summed E-state index contributed by atoms with van der Waals surface area (Å²) in [5.41, 5.74) is 3.66. The summed E-state index contributed by atoms with van der Waals surface area (Å²) < 4.78 is 39.6. The van der Waals surface area contributed by atoms with Crippen molar-refractivity contribution in [2.45, 2.75) is 32.9 Å². The van der Waals surface area contributed by atoms with Crippen molar-refractivity contribution < 1.29 is 22.8 Å². The molecule has 0 bridgehead atoms. The van der Waals surface area contributed by atoms with Gasteiger partial charge in [0.25, 0.3) is 5.91 Å². The third kappa shape index (κ3) is 3.10. The normalized spacial score (nSPS) is 25.5. The summed E-state index contributed by atoms with van der Waals surface area (Å²) in [7, 11) is 0. The summed E-state index contributed by atoms with van der Waals surface area (Å²) >= 11 is 0. The Labute approximate surface area is 149 Å². The summed E-state index contributed by atoms with van der Waals surface area (Å²) in [5, 5.41) is 0. The fourth-order valence-corrected chi connectivity index (χ4v) is 4.22. The van der Waals surface area contributed by atoms with Crippen LogP contribution in [0.1, 0.15) is 42.6 Å². The van der Waals surface area contributed by atoms with Crippen LogP contribution >= 0.6 is 0 Å². The Morgan fingerprint density at radius 3 is 2.50 bits per heavy atom. The van der Waals surface area contributed by atoms with Crippen LogP contribution in [0.25, 0.3) is 0 Å². The zero-order chi connectivity index (χ0) is 19.3. The van der Waals surface area contributed by atoms with Crippen LogP contribution in [0.4, 0.5) is 13.2 Å². The zero-order valence-electron chi connectivity index (χ0n) is 14.7. The number of likely N-dealkylation sites (tertiary alicyclic amines) is 1. The van der Waals surface area contributed by atoms with Gasteiger partial charge in [0.2, 0.25) is 0 Å². The van der Waals surface area contributed by atoms with Crippen molar-refractivity contribution >= 4 is 11.7 Å². The number of amides is 1. The lowest BCUT2D eigenvalue weighted by molar-refractivity contribution is -0.138. The monoisotopic (exact) mass is 366 g/mol. The Morgan fingerprint density at radius 1 is 1.23 bits per heavy atom.